The lowest BCUT2D eigenvalue weighted by molar-refractivity contribution is 0.0997. The van der Waals surface area contributed by atoms with E-state index < -0.39 is 0 Å². The van der Waals surface area contributed by atoms with Crippen LogP contribution >= 0.6 is 0 Å². The Morgan fingerprint density at radius 1 is 1.50 bits per heavy atom. The van der Waals surface area contributed by atoms with Crippen LogP contribution in [0.3, 0.4) is 0 Å². The predicted molar refractivity (Wildman–Crippen MR) is 71.1 cm³/mol. The summed E-state index contributed by atoms with van der Waals surface area (Å²) >= 11 is 0. The smallest absolute Gasteiger partial charge is 0.130 e. The minimum absolute atomic E-state index is 0.0779. The number of hydrogen-bond acceptors (Lipinski definition) is 2. The fourth-order valence-corrected chi connectivity index (χ4v) is 2.62. The molecule has 0 spiro atoms. The second-order valence-electron chi connectivity index (χ2n) is 5.03. The first-order valence-corrected chi connectivity index (χ1v) is 6.76. The average molecular weight is 251 g/mol. The first-order chi connectivity index (χ1) is 8.72. The normalized spacial score (nSPS) is 21.2. The van der Waals surface area contributed by atoms with Crippen molar-refractivity contribution >= 4 is 0 Å². The molecule has 18 heavy (non-hydrogen) atoms. The molecule has 0 bridgehead atoms. The molecule has 1 fully saturated rings. The summed E-state index contributed by atoms with van der Waals surface area (Å²) in [6.45, 7) is 2.69. The Hall–Kier alpha value is -0.930. The van der Waals surface area contributed by atoms with E-state index in [0.29, 0.717) is 11.7 Å². The van der Waals surface area contributed by atoms with Crippen molar-refractivity contribution in [3.8, 4) is 0 Å². The standard InChI is InChI=1S/C15H22FNO/c1-11-5-3-7-13(15(11)16)14(17-2)9-8-12-6-4-10-18-12/h3,5,7,12,14,17H,4,6,8-10H2,1-2H3. The molecule has 0 aliphatic carbocycles. The fraction of sp³-hybridized carbons (Fsp3) is 0.600. The Morgan fingerprint density at radius 3 is 3.00 bits per heavy atom. The molecule has 1 N–H and O–H groups in total. The fourth-order valence-electron chi connectivity index (χ4n) is 2.62. The van der Waals surface area contributed by atoms with Gasteiger partial charge < -0.3 is 10.1 Å². The lowest BCUT2D eigenvalue weighted by Gasteiger charge is -2.20. The topological polar surface area (TPSA) is 21.3 Å². The number of hydrogen-bond donors (Lipinski definition) is 1. The van der Waals surface area contributed by atoms with Crippen LogP contribution in [0, 0.1) is 12.7 Å². The molecule has 2 rings (SSSR count). The Kier molecular flexibility index (Phi) is 4.72. The third-order valence-electron chi connectivity index (χ3n) is 3.75. The van der Waals surface area contributed by atoms with Crippen LogP contribution in [0.15, 0.2) is 18.2 Å². The summed E-state index contributed by atoms with van der Waals surface area (Å²) < 4.78 is 19.7. The second-order valence-corrected chi connectivity index (χ2v) is 5.03. The molecule has 1 aromatic rings. The molecule has 100 valence electrons. The monoisotopic (exact) mass is 251 g/mol. The third kappa shape index (κ3) is 3.09. The van der Waals surface area contributed by atoms with Gasteiger partial charge in [0.15, 0.2) is 0 Å². The van der Waals surface area contributed by atoms with Crippen LogP contribution in [-0.2, 0) is 4.74 Å². The average Bonchev–Trinajstić information content (AvgIpc) is 2.88. The molecule has 1 aromatic carbocycles. The zero-order valence-electron chi connectivity index (χ0n) is 11.2. The zero-order valence-corrected chi connectivity index (χ0v) is 11.2. The van der Waals surface area contributed by atoms with E-state index in [2.05, 4.69) is 5.32 Å². The molecular weight excluding hydrogens is 229 g/mol. The SMILES string of the molecule is CNC(CCC1CCCO1)c1cccc(C)c1F. The molecular formula is C15H22FNO. The molecule has 0 saturated carbocycles. The number of benzene rings is 1. The molecule has 0 amide bonds. The molecule has 2 unspecified atom stereocenters. The molecule has 1 aliphatic heterocycles. The van der Waals surface area contributed by atoms with E-state index in [0.717, 1.165) is 37.9 Å². The highest BCUT2D eigenvalue weighted by molar-refractivity contribution is 5.27. The molecule has 3 heteroatoms. The largest absolute Gasteiger partial charge is 0.378 e. The Bertz CT molecular complexity index is 388. The maximum atomic E-state index is 14.1. The lowest BCUT2D eigenvalue weighted by Crippen LogP contribution is -2.20. The summed E-state index contributed by atoms with van der Waals surface area (Å²) in [5.74, 6) is -0.0795. The summed E-state index contributed by atoms with van der Waals surface area (Å²) in [5.41, 5.74) is 1.49. The van der Waals surface area contributed by atoms with Crippen molar-refractivity contribution in [2.75, 3.05) is 13.7 Å². The number of rotatable bonds is 5. The number of ether oxygens (including phenoxy) is 1. The van der Waals surface area contributed by atoms with E-state index in [-0.39, 0.29) is 11.9 Å². The third-order valence-corrected chi connectivity index (χ3v) is 3.75. The number of halogens is 1. The maximum absolute atomic E-state index is 14.1. The van der Waals surface area contributed by atoms with Gasteiger partial charge in [0.05, 0.1) is 6.10 Å². The summed E-state index contributed by atoms with van der Waals surface area (Å²) in [6.07, 6.45) is 4.59. The van der Waals surface area contributed by atoms with E-state index in [9.17, 15) is 4.39 Å². The van der Waals surface area contributed by atoms with Crippen LogP contribution in [0.25, 0.3) is 0 Å². The van der Waals surface area contributed by atoms with Crippen LogP contribution in [0.4, 0.5) is 4.39 Å². The Balaban J connectivity index is 2.00. The van der Waals surface area contributed by atoms with Gasteiger partial charge in [-0.15, -0.1) is 0 Å². The summed E-state index contributed by atoms with van der Waals surface area (Å²) in [7, 11) is 1.89. The highest BCUT2D eigenvalue weighted by Gasteiger charge is 2.20. The first-order valence-electron chi connectivity index (χ1n) is 6.76. The lowest BCUT2D eigenvalue weighted by atomic mass is 9.97. The van der Waals surface area contributed by atoms with Gasteiger partial charge in [0.25, 0.3) is 0 Å². The highest BCUT2D eigenvalue weighted by Crippen LogP contribution is 2.26. The number of aryl methyl sites for hydroxylation is 1. The van der Waals surface area contributed by atoms with Gasteiger partial charge in [-0.3, -0.25) is 0 Å². The van der Waals surface area contributed by atoms with E-state index in [1.165, 1.54) is 0 Å². The van der Waals surface area contributed by atoms with Gasteiger partial charge in [-0.05, 0) is 45.2 Å². The van der Waals surface area contributed by atoms with E-state index in [1.807, 2.05) is 32.2 Å². The Labute approximate surface area is 109 Å². The minimum atomic E-state index is -0.0795. The van der Waals surface area contributed by atoms with Gasteiger partial charge in [-0.1, -0.05) is 18.2 Å². The molecule has 0 radical (unpaired) electrons. The van der Waals surface area contributed by atoms with Crippen molar-refractivity contribution in [2.24, 2.45) is 0 Å². The highest BCUT2D eigenvalue weighted by atomic mass is 19.1. The van der Waals surface area contributed by atoms with Crippen LogP contribution < -0.4 is 5.32 Å². The van der Waals surface area contributed by atoms with Crippen molar-refractivity contribution in [2.45, 2.75) is 44.8 Å². The van der Waals surface area contributed by atoms with Gasteiger partial charge in [-0.25, -0.2) is 4.39 Å². The first kappa shape index (κ1) is 13.5. The zero-order chi connectivity index (χ0) is 13.0. The van der Waals surface area contributed by atoms with Gasteiger partial charge in [0, 0.05) is 18.2 Å². The Morgan fingerprint density at radius 2 is 2.33 bits per heavy atom. The van der Waals surface area contributed by atoms with E-state index >= 15 is 0 Å². The van der Waals surface area contributed by atoms with Crippen molar-refractivity contribution in [1.82, 2.24) is 5.32 Å². The van der Waals surface area contributed by atoms with Crippen molar-refractivity contribution in [1.29, 1.82) is 0 Å². The summed E-state index contributed by atoms with van der Waals surface area (Å²) in [5, 5.41) is 3.21. The van der Waals surface area contributed by atoms with Crippen molar-refractivity contribution in [3.05, 3.63) is 35.1 Å². The molecule has 1 saturated heterocycles. The maximum Gasteiger partial charge on any atom is 0.130 e. The molecule has 1 aliphatic rings. The predicted octanol–water partition coefficient (Wildman–Crippen LogP) is 3.35. The van der Waals surface area contributed by atoms with Gasteiger partial charge in [0.1, 0.15) is 5.82 Å². The molecule has 2 atom stereocenters. The summed E-state index contributed by atoms with van der Waals surface area (Å²) in [6, 6.07) is 5.68. The van der Waals surface area contributed by atoms with Crippen molar-refractivity contribution < 1.29 is 9.13 Å². The second kappa shape index (κ2) is 6.30. The van der Waals surface area contributed by atoms with Crippen LogP contribution in [0.1, 0.15) is 42.9 Å². The van der Waals surface area contributed by atoms with Crippen molar-refractivity contribution in [3.63, 3.8) is 0 Å². The van der Waals surface area contributed by atoms with Crippen LogP contribution in [-0.4, -0.2) is 19.8 Å². The van der Waals surface area contributed by atoms with Gasteiger partial charge >= 0.3 is 0 Å². The number of nitrogens with one attached hydrogen (secondary N) is 1. The van der Waals surface area contributed by atoms with Gasteiger partial charge in [0.2, 0.25) is 0 Å². The van der Waals surface area contributed by atoms with Gasteiger partial charge in [-0.2, -0.15) is 0 Å². The van der Waals surface area contributed by atoms with E-state index in [4.69, 9.17) is 4.74 Å². The summed E-state index contributed by atoms with van der Waals surface area (Å²) in [4.78, 5) is 0. The quantitative estimate of drug-likeness (QED) is 0.866. The van der Waals surface area contributed by atoms with Crippen LogP contribution in [0.5, 0.6) is 0 Å². The van der Waals surface area contributed by atoms with Crippen LogP contribution in [0.2, 0.25) is 0 Å². The molecule has 1 heterocycles. The van der Waals surface area contributed by atoms with E-state index in [1.54, 1.807) is 0 Å². The molecule has 0 aromatic heterocycles. The molecule has 2 nitrogen and oxygen atoms in total. The minimum Gasteiger partial charge on any atom is -0.378 e.